The van der Waals surface area contributed by atoms with Crippen molar-refractivity contribution in [2.75, 3.05) is 6.61 Å². The van der Waals surface area contributed by atoms with Crippen molar-refractivity contribution in [3.63, 3.8) is 0 Å². The highest BCUT2D eigenvalue weighted by Gasteiger charge is 2.40. The third kappa shape index (κ3) is 2.44. The van der Waals surface area contributed by atoms with Crippen molar-refractivity contribution < 1.29 is 18.6 Å². The molecule has 1 aromatic carbocycles. The van der Waals surface area contributed by atoms with Crippen molar-refractivity contribution >= 4 is 15.9 Å². The van der Waals surface area contributed by atoms with Crippen molar-refractivity contribution in [2.24, 2.45) is 0 Å². The molecule has 0 aliphatic carbocycles. The van der Waals surface area contributed by atoms with Gasteiger partial charge in [0.1, 0.15) is 17.2 Å². The van der Waals surface area contributed by atoms with E-state index in [9.17, 15) is 13.9 Å². The van der Waals surface area contributed by atoms with Crippen LogP contribution in [0, 0.1) is 11.6 Å². The first kappa shape index (κ1) is 13.9. The van der Waals surface area contributed by atoms with Crippen LogP contribution in [-0.2, 0) is 10.3 Å². The largest absolute Gasteiger partial charge is 0.385 e. The fourth-order valence-corrected chi connectivity index (χ4v) is 2.71. The van der Waals surface area contributed by atoms with Gasteiger partial charge in [-0.15, -0.1) is 0 Å². The maximum absolute atomic E-state index is 14.0. The normalized spacial score (nSPS) is 28.4. The van der Waals surface area contributed by atoms with Gasteiger partial charge in [0, 0.05) is 12.8 Å². The molecule has 2 unspecified atom stereocenters. The molecule has 2 atom stereocenters. The first-order chi connectivity index (χ1) is 8.48. The van der Waals surface area contributed by atoms with Gasteiger partial charge < -0.3 is 9.84 Å². The molecule has 1 aliphatic heterocycles. The van der Waals surface area contributed by atoms with Crippen molar-refractivity contribution in [3.05, 3.63) is 33.8 Å². The van der Waals surface area contributed by atoms with Crippen molar-refractivity contribution in [1.82, 2.24) is 0 Å². The fourth-order valence-electron chi connectivity index (χ4n) is 2.37. The Labute approximate surface area is 113 Å². The zero-order chi connectivity index (χ0) is 13.3. The third-order valence-corrected chi connectivity index (χ3v) is 4.01. The molecule has 1 fully saturated rings. The molecule has 5 heteroatoms. The van der Waals surface area contributed by atoms with Gasteiger partial charge in [-0.2, -0.15) is 0 Å². The van der Waals surface area contributed by atoms with E-state index in [1.54, 1.807) is 0 Å². The molecule has 0 bridgehead atoms. The van der Waals surface area contributed by atoms with E-state index < -0.39 is 17.2 Å². The van der Waals surface area contributed by atoms with E-state index in [1.807, 2.05) is 6.92 Å². The number of benzene rings is 1. The van der Waals surface area contributed by atoms with Gasteiger partial charge >= 0.3 is 0 Å². The molecule has 1 aliphatic rings. The number of halogens is 3. The Bertz CT molecular complexity index is 453. The lowest BCUT2D eigenvalue weighted by Crippen LogP contribution is -2.39. The van der Waals surface area contributed by atoms with E-state index in [0.29, 0.717) is 13.0 Å². The molecule has 1 N–H and O–H groups in total. The molecule has 1 saturated heterocycles. The minimum absolute atomic E-state index is 0.159. The summed E-state index contributed by atoms with van der Waals surface area (Å²) >= 11 is 3.02. The van der Waals surface area contributed by atoms with E-state index in [1.165, 1.54) is 6.07 Å². The van der Waals surface area contributed by atoms with Crippen LogP contribution in [-0.4, -0.2) is 17.8 Å². The Morgan fingerprint density at radius 1 is 1.50 bits per heavy atom. The predicted octanol–water partition coefficient (Wildman–Crippen LogP) is 3.50. The van der Waals surface area contributed by atoms with Crippen LogP contribution >= 0.6 is 15.9 Å². The lowest BCUT2D eigenvalue weighted by molar-refractivity contribution is -0.111. The highest BCUT2D eigenvalue weighted by atomic mass is 79.9. The van der Waals surface area contributed by atoms with Crippen LogP contribution in [0.4, 0.5) is 8.78 Å². The SMILES string of the molecule is CCC1CC(O)(c2c(F)ccc(Br)c2F)CCO1. The summed E-state index contributed by atoms with van der Waals surface area (Å²) in [6, 6.07) is 2.46. The summed E-state index contributed by atoms with van der Waals surface area (Å²) < 4.78 is 33.5. The average Bonchev–Trinajstić information content (AvgIpc) is 2.34. The Kier molecular flexibility index (Phi) is 4.04. The number of aliphatic hydroxyl groups is 1. The number of hydrogen-bond donors (Lipinski definition) is 1. The molecule has 1 heterocycles. The summed E-state index contributed by atoms with van der Waals surface area (Å²) in [7, 11) is 0. The first-order valence-electron chi connectivity index (χ1n) is 5.96. The molecule has 0 radical (unpaired) electrons. The molecule has 100 valence electrons. The maximum Gasteiger partial charge on any atom is 0.146 e. The Morgan fingerprint density at radius 2 is 2.22 bits per heavy atom. The lowest BCUT2D eigenvalue weighted by Gasteiger charge is -2.37. The van der Waals surface area contributed by atoms with E-state index in [0.717, 1.165) is 6.07 Å². The molecule has 2 nitrogen and oxygen atoms in total. The van der Waals surface area contributed by atoms with Crippen molar-refractivity contribution in [3.8, 4) is 0 Å². The van der Waals surface area contributed by atoms with Crippen LogP contribution in [0.1, 0.15) is 31.7 Å². The predicted molar refractivity (Wildman–Crippen MR) is 67.2 cm³/mol. The molecule has 0 spiro atoms. The molecular formula is C13H15BrF2O2. The van der Waals surface area contributed by atoms with Gasteiger partial charge in [0.2, 0.25) is 0 Å². The van der Waals surface area contributed by atoms with Gasteiger partial charge in [-0.25, -0.2) is 8.78 Å². The van der Waals surface area contributed by atoms with E-state index >= 15 is 0 Å². The second-order valence-electron chi connectivity index (χ2n) is 4.60. The van der Waals surface area contributed by atoms with Gasteiger partial charge in [0.25, 0.3) is 0 Å². The van der Waals surface area contributed by atoms with Gasteiger partial charge in [0.15, 0.2) is 0 Å². The van der Waals surface area contributed by atoms with Gasteiger partial charge in [-0.3, -0.25) is 0 Å². The average molecular weight is 321 g/mol. The van der Waals surface area contributed by atoms with E-state index in [4.69, 9.17) is 4.74 Å². The third-order valence-electron chi connectivity index (χ3n) is 3.40. The van der Waals surface area contributed by atoms with Crippen LogP contribution in [0.2, 0.25) is 0 Å². The standard InChI is InChI=1S/C13H15BrF2O2/c1-2-8-7-13(17,5-6-18-8)11-10(15)4-3-9(14)12(11)16/h3-4,8,17H,2,5-7H2,1H3. The molecule has 2 rings (SSSR count). The number of rotatable bonds is 2. The summed E-state index contributed by atoms with van der Waals surface area (Å²) in [6.45, 7) is 2.23. The zero-order valence-corrected chi connectivity index (χ0v) is 11.6. The van der Waals surface area contributed by atoms with Crippen LogP contribution in [0.5, 0.6) is 0 Å². The topological polar surface area (TPSA) is 29.5 Å². The van der Waals surface area contributed by atoms with E-state index in [-0.39, 0.29) is 29.0 Å². The van der Waals surface area contributed by atoms with Gasteiger partial charge in [-0.1, -0.05) is 6.92 Å². The molecule has 0 amide bonds. The quantitative estimate of drug-likeness (QED) is 0.845. The number of ether oxygens (including phenoxy) is 1. The zero-order valence-electron chi connectivity index (χ0n) is 10.0. The van der Waals surface area contributed by atoms with Crippen LogP contribution < -0.4 is 0 Å². The number of hydrogen-bond acceptors (Lipinski definition) is 2. The summed E-state index contributed by atoms with van der Waals surface area (Å²) in [5, 5.41) is 10.5. The smallest absolute Gasteiger partial charge is 0.146 e. The Hall–Kier alpha value is -0.520. The van der Waals surface area contributed by atoms with Crippen LogP contribution in [0.3, 0.4) is 0 Å². The van der Waals surface area contributed by atoms with Gasteiger partial charge in [0.05, 0.1) is 22.7 Å². The fraction of sp³-hybridized carbons (Fsp3) is 0.538. The maximum atomic E-state index is 14.0. The minimum Gasteiger partial charge on any atom is -0.385 e. The molecule has 0 aromatic heterocycles. The second kappa shape index (κ2) is 5.23. The Morgan fingerprint density at radius 3 is 2.89 bits per heavy atom. The molecule has 1 aromatic rings. The monoisotopic (exact) mass is 320 g/mol. The highest BCUT2D eigenvalue weighted by molar-refractivity contribution is 9.10. The first-order valence-corrected chi connectivity index (χ1v) is 6.75. The van der Waals surface area contributed by atoms with E-state index in [2.05, 4.69) is 15.9 Å². The summed E-state index contributed by atoms with van der Waals surface area (Å²) in [6.07, 6.45) is 0.961. The van der Waals surface area contributed by atoms with Gasteiger partial charge in [-0.05, 0) is 34.5 Å². The van der Waals surface area contributed by atoms with Crippen molar-refractivity contribution in [2.45, 2.75) is 37.9 Å². The molecule has 18 heavy (non-hydrogen) atoms. The molecular weight excluding hydrogens is 306 g/mol. The highest BCUT2D eigenvalue weighted by Crippen LogP contribution is 2.39. The Balaban J connectivity index is 2.43. The second-order valence-corrected chi connectivity index (χ2v) is 5.46. The van der Waals surface area contributed by atoms with Crippen LogP contribution in [0.15, 0.2) is 16.6 Å². The summed E-state index contributed by atoms with van der Waals surface area (Å²) in [4.78, 5) is 0. The lowest BCUT2D eigenvalue weighted by atomic mass is 9.82. The minimum atomic E-state index is -1.49. The summed E-state index contributed by atoms with van der Waals surface area (Å²) in [5.74, 6) is -1.44. The van der Waals surface area contributed by atoms with Crippen LogP contribution in [0.25, 0.3) is 0 Å². The summed E-state index contributed by atoms with van der Waals surface area (Å²) in [5.41, 5.74) is -1.74. The molecule has 0 saturated carbocycles. The van der Waals surface area contributed by atoms with Crippen molar-refractivity contribution in [1.29, 1.82) is 0 Å².